The summed E-state index contributed by atoms with van der Waals surface area (Å²) < 4.78 is 6.13. The number of hydrogen-bond donors (Lipinski definition) is 2. The Morgan fingerprint density at radius 2 is 1.70 bits per heavy atom. The van der Waals surface area contributed by atoms with Crippen molar-refractivity contribution in [2.45, 2.75) is 18.9 Å². The van der Waals surface area contributed by atoms with Gasteiger partial charge in [0.1, 0.15) is 17.6 Å². The third kappa shape index (κ3) is 4.99. The number of carbonyl (C=O) groups is 1. The van der Waals surface area contributed by atoms with Gasteiger partial charge in [-0.25, -0.2) is 0 Å². The second kappa shape index (κ2) is 9.01. The summed E-state index contributed by atoms with van der Waals surface area (Å²) in [5, 5.41) is 12.5. The standard InChI is InChI=1S/C25H26N2O3/c1-27-14-12-24(13-15-27)30-23-10-8-18(9-11-23)19-4-2-6-21(16-19)26-25(29)20-5-3-7-22(28)17-20/h2-11,16-17,24,28H,12-15H2,1H3,(H,26,29). The summed E-state index contributed by atoms with van der Waals surface area (Å²) in [4.78, 5) is 14.8. The molecule has 3 aromatic rings. The average molecular weight is 402 g/mol. The molecule has 0 saturated carbocycles. The van der Waals surface area contributed by atoms with Gasteiger partial charge in [0.15, 0.2) is 0 Å². The van der Waals surface area contributed by atoms with Gasteiger partial charge in [0, 0.05) is 24.3 Å². The Bertz CT molecular complexity index is 1010. The molecule has 5 nitrogen and oxygen atoms in total. The molecule has 2 N–H and O–H groups in total. The van der Waals surface area contributed by atoms with Gasteiger partial charge in [0.25, 0.3) is 5.91 Å². The maximum atomic E-state index is 12.4. The van der Waals surface area contributed by atoms with Crippen LogP contribution in [0, 0.1) is 0 Å². The molecular formula is C25H26N2O3. The number of aromatic hydroxyl groups is 1. The first kappa shape index (κ1) is 20.0. The van der Waals surface area contributed by atoms with E-state index in [0.717, 1.165) is 42.8 Å². The van der Waals surface area contributed by atoms with E-state index in [4.69, 9.17) is 4.74 Å². The number of carbonyl (C=O) groups excluding carboxylic acids is 1. The SMILES string of the molecule is CN1CCC(Oc2ccc(-c3cccc(NC(=O)c4cccc(O)c4)c3)cc2)CC1. The first-order chi connectivity index (χ1) is 14.6. The minimum Gasteiger partial charge on any atom is -0.508 e. The topological polar surface area (TPSA) is 61.8 Å². The molecule has 1 heterocycles. The lowest BCUT2D eigenvalue weighted by Gasteiger charge is -2.29. The Hall–Kier alpha value is -3.31. The van der Waals surface area contributed by atoms with Crippen LogP contribution >= 0.6 is 0 Å². The summed E-state index contributed by atoms with van der Waals surface area (Å²) in [5.74, 6) is 0.700. The van der Waals surface area contributed by atoms with E-state index in [2.05, 4.69) is 17.3 Å². The van der Waals surface area contributed by atoms with Gasteiger partial charge < -0.3 is 20.1 Å². The Labute approximate surface area is 176 Å². The van der Waals surface area contributed by atoms with E-state index in [1.54, 1.807) is 12.1 Å². The number of hydrogen-bond acceptors (Lipinski definition) is 4. The molecule has 0 bridgehead atoms. The summed E-state index contributed by atoms with van der Waals surface area (Å²) in [6.07, 6.45) is 2.39. The van der Waals surface area contributed by atoms with E-state index in [1.807, 2.05) is 48.5 Å². The summed E-state index contributed by atoms with van der Waals surface area (Å²) in [5.41, 5.74) is 3.18. The highest BCUT2D eigenvalue weighted by atomic mass is 16.5. The Balaban J connectivity index is 1.42. The van der Waals surface area contributed by atoms with Crippen LogP contribution in [-0.2, 0) is 0 Å². The fourth-order valence-corrected chi connectivity index (χ4v) is 3.65. The summed E-state index contributed by atoms with van der Waals surface area (Å²) in [6.45, 7) is 2.15. The van der Waals surface area contributed by atoms with Crippen LogP contribution in [0.5, 0.6) is 11.5 Å². The summed E-state index contributed by atoms with van der Waals surface area (Å²) >= 11 is 0. The zero-order valence-electron chi connectivity index (χ0n) is 17.0. The molecular weight excluding hydrogens is 376 g/mol. The highest BCUT2D eigenvalue weighted by molar-refractivity contribution is 6.04. The molecule has 0 aromatic heterocycles. The quantitative estimate of drug-likeness (QED) is 0.644. The Morgan fingerprint density at radius 1 is 0.967 bits per heavy atom. The maximum Gasteiger partial charge on any atom is 0.255 e. The van der Waals surface area contributed by atoms with Gasteiger partial charge >= 0.3 is 0 Å². The number of nitrogens with zero attached hydrogens (tertiary/aromatic N) is 1. The molecule has 30 heavy (non-hydrogen) atoms. The lowest BCUT2D eigenvalue weighted by molar-refractivity contribution is 0.102. The van der Waals surface area contributed by atoms with Crippen LogP contribution in [-0.4, -0.2) is 42.2 Å². The van der Waals surface area contributed by atoms with Crippen LogP contribution in [0.3, 0.4) is 0 Å². The molecule has 3 aromatic carbocycles. The van der Waals surface area contributed by atoms with Crippen LogP contribution in [0.25, 0.3) is 11.1 Å². The van der Waals surface area contributed by atoms with Crippen LogP contribution in [0.1, 0.15) is 23.2 Å². The van der Waals surface area contributed by atoms with Crippen LogP contribution in [0.2, 0.25) is 0 Å². The molecule has 1 aliphatic rings. The third-order valence-electron chi connectivity index (χ3n) is 5.38. The molecule has 1 amide bonds. The van der Waals surface area contributed by atoms with Crippen molar-refractivity contribution < 1.29 is 14.6 Å². The fourth-order valence-electron chi connectivity index (χ4n) is 3.65. The highest BCUT2D eigenvalue weighted by Gasteiger charge is 2.18. The van der Waals surface area contributed by atoms with E-state index in [-0.39, 0.29) is 17.8 Å². The second-order valence-electron chi connectivity index (χ2n) is 7.73. The average Bonchev–Trinajstić information content (AvgIpc) is 2.76. The zero-order chi connectivity index (χ0) is 20.9. The van der Waals surface area contributed by atoms with Gasteiger partial charge in [-0.05, 0) is 73.5 Å². The fraction of sp³-hybridized carbons (Fsp3) is 0.240. The number of likely N-dealkylation sites (tertiary alicyclic amines) is 1. The van der Waals surface area contributed by atoms with Crippen molar-refractivity contribution in [1.29, 1.82) is 0 Å². The van der Waals surface area contributed by atoms with Gasteiger partial charge in [-0.15, -0.1) is 0 Å². The highest BCUT2D eigenvalue weighted by Crippen LogP contribution is 2.26. The number of phenolic OH excluding ortho intramolecular Hbond substituents is 1. The van der Waals surface area contributed by atoms with E-state index < -0.39 is 0 Å². The Morgan fingerprint density at radius 3 is 2.43 bits per heavy atom. The number of benzene rings is 3. The number of nitrogens with one attached hydrogen (secondary N) is 1. The molecule has 0 radical (unpaired) electrons. The smallest absolute Gasteiger partial charge is 0.255 e. The molecule has 1 fully saturated rings. The van der Waals surface area contributed by atoms with Crippen molar-refractivity contribution in [3.63, 3.8) is 0 Å². The van der Waals surface area contributed by atoms with E-state index in [0.29, 0.717) is 11.3 Å². The van der Waals surface area contributed by atoms with Crippen molar-refractivity contribution in [2.75, 3.05) is 25.5 Å². The van der Waals surface area contributed by atoms with E-state index in [9.17, 15) is 9.90 Å². The lowest BCUT2D eigenvalue weighted by Crippen LogP contribution is -2.35. The number of ether oxygens (including phenoxy) is 1. The normalized spacial score (nSPS) is 15.0. The van der Waals surface area contributed by atoms with Gasteiger partial charge in [0.2, 0.25) is 0 Å². The van der Waals surface area contributed by atoms with Crippen LogP contribution in [0.4, 0.5) is 5.69 Å². The molecule has 0 aliphatic carbocycles. The largest absolute Gasteiger partial charge is 0.508 e. The minimum absolute atomic E-state index is 0.0685. The maximum absolute atomic E-state index is 12.4. The minimum atomic E-state index is -0.259. The van der Waals surface area contributed by atoms with Gasteiger partial charge in [0.05, 0.1) is 0 Å². The number of amides is 1. The van der Waals surface area contributed by atoms with Crippen molar-refractivity contribution >= 4 is 11.6 Å². The van der Waals surface area contributed by atoms with Crippen molar-refractivity contribution in [1.82, 2.24) is 4.90 Å². The number of rotatable bonds is 5. The van der Waals surface area contributed by atoms with Gasteiger partial charge in [-0.2, -0.15) is 0 Å². The van der Waals surface area contributed by atoms with Crippen molar-refractivity contribution in [3.8, 4) is 22.6 Å². The summed E-state index contributed by atoms with van der Waals surface area (Å²) in [7, 11) is 2.14. The number of piperidine rings is 1. The van der Waals surface area contributed by atoms with E-state index in [1.165, 1.54) is 12.1 Å². The molecule has 154 valence electrons. The third-order valence-corrected chi connectivity index (χ3v) is 5.38. The molecule has 1 saturated heterocycles. The monoisotopic (exact) mass is 402 g/mol. The van der Waals surface area contributed by atoms with Gasteiger partial charge in [-0.1, -0.05) is 30.3 Å². The molecule has 0 spiro atoms. The molecule has 0 atom stereocenters. The number of anilines is 1. The first-order valence-corrected chi connectivity index (χ1v) is 10.2. The number of phenols is 1. The van der Waals surface area contributed by atoms with E-state index >= 15 is 0 Å². The van der Waals surface area contributed by atoms with Crippen molar-refractivity contribution in [2.24, 2.45) is 0 Å². The van der Waals surface area contributed by atoms with Crippen LogP contribution in [0.15, 0.2) is 72.8 Å². The van der Waals surface area contributed by atoms with Gasteiger partial charge in [-0.3, -0.25) is 4.79 Å². The molecule has 4 rings (SSSR count). The summed E-state index contributed by atoms with van der Waals surface area (Å²) in [6, 6.07) is 22.1. The Kier molecular flexibility index (Phi) is 6.00. The first-order valence-electron chi connectivity index (χ1n) is 10.2. The molecule has 1 aliphatic heterocycles. The molecule has 0 unspecified atom stereocenters. The predicted molar refractivity (Wildman–Crippen MR) is 119 cm³/mol. The van der Waals surface area contributed by atoms with Crippen molar-refractivity contribution in [3.05, 3.63) is 78.4 Å². The van der Waals surface area contributed by atoms with Crippen LogP contribution < -0.4 is 10.1 Å². The molecule has 5 heteroatoms. The second-order valence-corrected chi connectivity index (χ2v) is 7.73. The predicted octanol–water partition coefficient (Wildman–Crippen LogP) is 4.78. The lowest BCUT2D eigenvalue weighted by atomic mass is 10.0. The zero-order valence-corrected chi connectivity index (χ0v) is 17.0.